The Bertz CT molecular complexity index is 278. The molecule has 0 aliphatic heterocycles. The molecule has 0 aliphatic rings. The number of unbranched alkanes of at least 4 members (excludes halogenated alkanes) is 3. The molecule has 0 aromatic carbocycles. The maximum atomic E-state index is 4.32. The summed E-state index contributed by atoms with van der Waals surface area (Å²) in [6, 6.07) is 0. The molecule has 0 aliphatic carbocycles. The lowest BCUT2D eigenvalue weighted by Gasteiger charge is -2.03. The first-order valence-electron chi connectivity index (χ1n) is 5.94. The van der Waals surface area contributed by atoms with Crippen LogP contribution in [0.1, 0.15) is 43.9 Å². The van der Waals surface area contributed by atoms with Crippen molar-refractivity contribution in [3.05, 3.63) is 17.5 Å². The van der Waals surface area contributed by atoms with Crippen molar-refractivity contribution in [1.82, 2.24) is 15.1 Å². The minimum absolute atomic E-state index is 0.950. The predicted octanol–water partition coefficient (Wildman–Crippen LogP) is 2.40. The second-order valence-corrected chi connectivity index (χ2v) is 4.15. The van der Waals surface area contributed by atoms with Crippen LogP contribution in [0.25, 0.3) is 0 Å². The Kier molecular flexibility index (Phi) is 5.40. The van der Waals surface area contributed by atoms with E-state index in [1.165, 1.54) is 31.2 Å². The average Bonchev–Trinajstić information content (AvgIpc) is 2.51. The van der Waals surface area contributed by atoms with Gasteiger partial charge in [0.15, 0.2) is 0 Å². The van der Waals surface area contributed by atoms with E-state index in [1.54, 1.807) is 0 Å². The lowest BCUT2D eigenvalue weighted by Crippen LogP contribution is -2.14. The summed E-state index contributed by atoms with van der Waals surface area (Å²) in [5.74, 6) is 0. The van der Waals surface area contributed by atoms with Crippen molar-refractivity contribution < 1.29 is 0 Å². The molecule has 3 nitrogen and oxygen atoms in total. The highest BCUT2D eigenvalue weighted by atomic mass is 15.2. The Hall–Kier alpha value is -0.830. The summed E-state index contributed by atoms with van der Waals surface area (Å²) in [5, 5.41) is 7.78. The van der Waals surface area contributed by atoms with Gasteiger partial charge in [0.25, 0.3) is 0 Å². The van der Waals surface area contributed by atoms with Crippen molar-refractivity contribution in [3.8, 4) is 0 Å². The topological polar surface area (TPSA) is 29.9 Å². The molecule has 3 heteroatoms. The Morgan fingerprint density at radius 1 is 1.33 bits per heavy atom. The van der Waals surface area contributed by atoms with Crippen LogP contribution in [0.15, 0.2) is 6.20 Å². The monoisotopic (exact) mass is 209 g/mol. The van der Waals surface area contributed by atoms with Gasteiger partial charge in [0, 0.05) is 25.4 Å². The van der Waals surface area contributed by atoms with Crippen LogP contribution in [-0.2, 0) is 13.6 Å². The lowest BCUT2D eigenvalue weighted by atomic mass is 10.2. The van der Waals surface area contributed by atoms with Crippen LogP contribution in [0.2, 0.25) is 0 Å². The smallest absolute Gasteiger partial charge is 0.0638 e. The molecule has 0 atom stereocenters. The highest BCUT2D eigenvalue weighted by molar-refractivity contribution is 5.14. The number of rotatable bonds is 7. The van der Waals surface area contributed by atoms with Crippen molar-refractivity contribution in [2.75, 3.05) is 6.54 Å². The molecule has 1 aromatic heterocycles. The molecule has 0 saturated carbocycles. The third-order valence-corrected chi connectivity index (χ3v) is 2.64. The Morgan fingerprint density at radius 2 is 2.13 bits per heavy atom. The minimum Gasteiger partial charge on any atom is -0.313 e. The highest BCUT2D eigenvalue weighted by Crippen LogP contribution is 2.04. The van der Waals surface area contributed by atoms with Gasteiger partial charge >= 0.3 is 0 Å². The number of hydrogen-bond donors (Lipinski definition) is 1. The summed E-state index contributed by atoms with van der Waals surface area (Å²) < 4.78 is 1.88. The van der Waals surface area contributed by atoms with Crippen LogP contribution >= 0.6 is 0 Å². The van der Waals surface area contributed by atoms with Gasteiger partial charge in [-0.2, -0.15) is 5.10 Å². The van der Waals surface area contributed by atoms with Gasteiger partial charge in [-0.25, -0.2) is 0 Å². The van der Waals surface area contributed by atoms with Gasteiger partial charge in [-0.05, 0) is 19.9 Å². The van der Waals surface area contributed by atoms with Crippen LogP contribution in [0, 0.1) is 6.92 Å². The largest absolute Gasteiger partial charge is 0.313 e. The number of aromatic nitrogens is 2. The fourth-order valence-corrected chi connectivity index (χ4v) is 1.72. The molecule has 0 saturated heterocycles. The Morgan fingerprint density at radius 3 is 2.73 bits per heavy atom. The maximum Gasteiger partial charge on any atom is 0.0638 e. The average molecular weight is 209 g/mol. The van der Waals surface area contributed by atoms with Crippen molar-refractivity contribution in [2.24, 2.45) is 7.05 Å². The van der Waals surface area contributed by atoms with Crippen LogP contribution < -0.4 is 5.32 Å². The zero-order chi connectivity index (χ0) is 11.1. The summed E-state index contributed by atoms with van der Waals surface area (Å²) in [5.41, 5.74) is 2.45. The SMILES string of the molecule is CCCCCCNCc1cn(C)nc1C. The second kappa shape index (κ2) is 6.62. The van der Waals surface area contributed by atoms with Gasteiger partial charge in [-0.3, -0.25) is 4.68 Å². The van der Waals surface area contributed by atoms with Crippen LogP contribution in [0.3, 0.4) is 0 Å². The van der Waals surface area contributed by atoms with E-state index >= 15 is 0 Å². The molecule has 0 radical (unpaired) electrons. The van der Waals surface area contributed by atoms with Crippen molar-refractivity contribution in [1.29, 1.82) is 0 Å². The molecular weight excluding hydrogens is 186 g/mol. The van der Waals surface area contributed by atoms with Gasteiger partial charge in [0.1, 0.15) is 0 Å². The van der Waals surface area contributed by atoms with Gasteiger partial charge in [0.05, 0.1) is 5.69 Å². The third kappa shape index (κ3) is 4.47. The molecule has 15 heavy (non-hydrogen) atoms. The standard InChI is InChI=1S/C12H23N3/c1-4-5-6-7-8-13-9-12-10-15(3)14-11(12)2/h10,13H,4-9H2,1-3H3. The molecule has 1 N–H and O–H groups in total. The molecule has 86 valence electrons. The molecule has 0 amide bonds. The van der Waals surface area contributed by atoms with Gasteiger partial charge < -0.3 is 5.32 Å². The minimum atomic E-state index is 0.950. The van der Waals surface area contributed by atoms with E-state index in [1.807, 2.05) is 11.7 Å². The normalized spacial score (nSPS) is 10.9. The van der Waals surface area contributed by atoms with Gasteiger partial charge in [-0.15, -0.1) is 0 Å². The summed E-state index contributed by atoms with van der Waals surface area (Å²) in [6.07, 6.45) is 7.38. The lowest BCUT2D eigenvalue weighted by molar-refractivity contribution is 0.597. The molecule has 0 fully saturated rings. The zero-order valence-corrected chi connectivity index (χ0v) is 10.2. The molecule has 1 heterocycles. The first-order chi connectivity index (χ1) is 7.24. The summed E-state index contributed by atoms with van der Waals surface area (Å²) in [4.78, 5) is 0. The van der Waals surface area contributed by atoms with Gasteiger partial charge in [0.2, 0.25) is 0 Å². The summed E-state index contributed by atoms with van der Waals surface area (Å²) in [7, 11) is 1.97. The van der Waals surface area contributed by atoms with E-state index < -0.39 is 0 Å². The fourth-order valence-electron chi connectivity index (χ4n) is 1.72. The first kappa shape index (κ1) is 12.2. The van der Waals surface area contributed by atoms with Crippen LogP contribution in [0.5, 0.6) is 0 Å². The molecule has 0 unspecified atom stereocenters. The molecular formula is C12H23N3. The van der Waals surface area contributed by atoms with E-state index in [0.29, 0.717) is 0 Å². The van der Waals surface area contributed by atoms with Crippen LogP contribution in [0.4, 0.5) is 0 Å². The van der Waals surface area contributed by atoms with E-state index in [-0.39, 0.29) is 0 Å². The number of aryl methyl sites for hydroxylation is 2. The zero-order valence-electron chi connectivity index (χ0n) is 10.2. The quantitative estimate of drug-likeness (QED) is 0.699. The summed E-state index contributed by atoms with van der Waals surface area (Å²) in [6.45, 7) is 6.38. The van der Waals surface area contributed by atoms with Gasteiger partial charge in [-0.1, -0.05) is 26.2 Å². The fraction of sp³-hybridized carbons (Fsp3) is 0.750. The number of nitrogens with zero attached hydrogens (tertiary/aromatic N) is 2. The van der Waals surface area contributed by atoms with Crippen LogP contribution in [-0.4, -0.2) is 16.3 Å². The van der Waals surface area contributed by atoms with Crippen molar-refractivity contribution >= 4 is 0 Å². The van der Waals surface area contributed by atoms with E-state index in [2.05, 4.69) is 30.5 Å². The number of nitrogens with one attached hydrogen (secondary N) is 1. The highest BCUT2D eigenvalue weighted by Gasteiger charge is 2.01. The van der Waals surface area contributed by atoms with Crippen molar-refractivity contribution in [2.45, 2.75) is 46.1 Å². The predicted molar refractivity (Wildman–Crippen MR) is 63.8 cm³/mol. The first-order valence-corrected chi connectivity index (χ1v) is 5.94. The van der Waals surface area contributed by atoms with Crippen molar-refractivity contribution in [3.63, 3.8) is 0 Å². The van der Waals surface area contributed by atoms with E-state index in [9.17, 15) is 0 Å². The molecule has 1 aromatic rings. The Balaban J connectivity index is 2.12. The maximum absolute atomic E-state index is 4.32. The Labute approximate surface area is 92.9 Å². The second-order valence-electron chi connectivity index (χ2n) is 4.15. The number of hydrogen-bond acceptors (Lipinski definition) is 2. The van der Waals surface area contributed by atoms with E-state index in [0.717, 1.165) is 18.8 Å². The molecule has 0 bridgehead atoms. The summed E-state index contributed by atoms with van der Waals surface area (Å²) >= 11 is 0. The van der Waals surface area contributed by atoms with E-state index in [4.69, 9.17) is 0 Å². The third-order valence-electron chi connectivity index (χ3n) is 2.64. The molecule has 1 rings (SSSR count). The molecule has 0 spiro atoms.